The third-order valence-electron chi connectivity index (χ3n) is 2.97. The smallest absolute Gasteiger partial charge is 0.304 e. The summed E-state index contributed by atoms with van der Waals surface area (Å²) in [6.07, 6.45) is 1.94. The van der Waals surface area contributed by atoms with Crippen molar-refractivity contribution in [3.05, 3.63) is 29.6 Å². The van der Waals surface area contributed by atoms with E-state index in [4.69, 9.17) is 5.11 Å². The summed E-state index contributed by atoms with van der Waals surface area (Å²) in [5.41, 5.74) is 2.17. The Morgan fingerprint density at radius 1 is 1.59 bits per heavy atom. The summed E-state index contributed by atoms with van der Waals surface area (Å²) >= 11 is 0. The van der Waals surface area contributed by atoms with Gasteiger partial charge in [-0.2, -0.15) is 0 Å². The Hall–Kier alpha value is -1.42. The van der Waals surface area contributed by atoms with Crippen LogP contribution in [-0.2, 0) is 11.3 Å². The van der Waals surface area contributed by atoms with Crippen LogP contribution < -0.4 is 0 Å². The number of aryl methyl sites for hydroxylation is 1. The quantitative estimate of drug-likeness (QED) is 0.821. The maximum Gasteiger partial charge on any atom is 0.304 e. The van der Waals surface area contributed by atoms with Crippen LogP contribution in [0.4, 0.5) is 0 Å². The molecule has 1 rings (SSSR count). The molecule has 0 aromatic carbocycles. The van der Waals surface area contributed by atoms with Crippen molar-refractivity contribution in [3.63, 3.8) is 0 Å². The molecule has 1 unspecified atom stereocenters. The SMILES string of the molecule is CCN(Cc1ncccc1C)C(C)CC(=O)O. The van der Waals surface area contributed by atoms with Crippen LogP contribution in [0.2, 0.25) is 0 Å². The van der Waals surface area contributed by atoms with Gasteiger partial charge in [-0.1, -0.05) is 13.0 Å². The van der Waals surface area contributed by atoms with Gasteiger partial charge in [-0.3, -0.25) is 14.7 Å². The second kappa shape index (κ2) is 6.35. The molecular formula is C13H20N2O2. The van der Waals surface area contributed by atoms with Gasteiger partial charge in [0.05, 0.1) is 12.1 Å². The minimum Gasteiger partial charge on any atom is -0.481 e. The van der Waals surface area contributed by atoms with Crippen molar-refractivity contribution in [2.24, 2.45) is 0 Å². The molecule has 4 heteroatoms. The summed E-state index contributed by atoms with van der Waals surface area (Å²) in [5.74, 6) is -0.756. The predicted molar refractivity (Wildman–Crippen MR) is 66.8 cm³/mol. The first kappa shape index (κ1) is 13.6. The zero-order chi connectivity index (χ0) is 12.8. The molecule has 0 aliphatic rings. The minimum absolute atomic E-state index is 0.0268. The molecule has 0 bridgehead atoms. The van der Waals surface area contributed by atoms with E-state index in [1.54, 1.807) is 6.20 Å². The van der Waals surface area contributed by atoms with Gasteiger partial charge in [0.25, 0.3) is 0 Å². The van der Waals surface area contributed by atoms with Gasteiger partial charge < -0.3 is 5.11 Å². The van der Waals surface area contributed by atoms with Crippen LogP contribution in [0, 0.1) is 6.92 Å². The molecule has 0 saturated heterocycles. The van der Waals surface area contributed by atoms with E-state index >= 15 is 0 Å². The van der Waals surface area contributed by atoms with Crippen LogP contribution >= 0.6 is 0 Å². The third-order valence-corrected chi connectivity index (χ3v) is 2.97. The van der Waals surface area contributed by atoms with Crippen molar-refractivity contribution in [2.45, 2.75) is 39.8 Å². The van der Waals surface area contributed by atoms with Gasteiger partial charge in [0, 0.05) is 18.8 Å². The fourth-order valence-corrected chi connectivity index (χ4v) is 1.84. The Morgan fingerprint density at radius 2 is 2.29 bits per heavy atom. The van der Waals surface area contributed by atoms with Crippen LogP contribution in [0.5, 0.6) is 0 Å². The number of aliphatic carboxylic acids is 1. The highest BCUT2D eigenvalue weighted by atomic mass is 16.4. The Labute approximate surface area is 102 Å². The van der Waals surface area contributed by atoms with Gasteiger partial charge >= 0.3 is 5.97 Å². The highest BCUT2D eigenvalue weighted by Crippen LogP contribution is 2.11. The first-order chi connectivity index (χ1) is 8.04. The van der Waals surface area contributed by atoms with Crippen molar-refractivity contribution < 1.29 is 9.90 Å². The average molecular weight is 236 g/mol. The maximum atomic E-state index is 10.7. The van der Waals surface area contributed by atoms with Crippen molar-refractivity contribution in [1.29, 1.82) is 0 Å². The molecule has 1 aromatic heterocycles. The summed E-state index contributed by atoms with van der Waals surface area (Å²) in [6, 6.07) is 3.97. The van der Waals surface area contributed by atoms with Crippen molar-refractivity contribution in [2.75, 3.05) is 6.54 Å². The molecule has 1 atom stereocenters. The largest absolute Gasteiger partial charge is 0.481 e. The molecule has 0 amide bonds. The highest BCUT2D eigenvalue weighted by Gasteiger charge is 2.16. The number of rotatable bonds is 6. The third kappa shape index (κ3) is 4.15. The van der Waals surface area contributed by atoms with E-state index in [0.717, 1.165) is 17.8 Å². The second-order valence-electron chi connectivity index (χ2n) is 4.28. The molecule has 0 aliphatic heterocycles. The van der Waals surface area contributed by atoms with Crippen molar-refractivity contribution >= 4 is 5.97 Å². The fraction of sp³-hybridized carbons (Fsp3) is 0.538. The lowest BCUT2D eigenvalue weighted by Gasteiger charge is -2.26. The molecule has 1 aromatic rings. The summed E-state index contributed by atoms with van der Waals surface area (Å²) in [4.78, 5) is 17.2. The van der Waals surface area contributed by atoms with Gasteiger partial charge in [-0.15, -0.1) is 0 Å². The zero-order valence-electron chi connectivity index (χ0n) is 10.7. The number of carboxylic acid groups (broad SMARTS) is 1. The molecule has 1 heterocycles. The number of pyridine rings is 1. The van der Waals surface area contributed by atoms with E-state index in [9.17, 15) is 4.79 Å². The van der Waals surface area contributed by atoms with Crippen molar-refractivity contribution in [3.8, 4) is 0 Å². The van der Waals surface area contributed by atoms with E-state index < -0.39 is 5.97 Å². The first-order valence-electron chi connectivity index (χ1n) is 5.91. The topological polar surface area (TPSA) is 53.4 Å². The summed E-state index contributed by atoms with van der Waals surface area (Å²) in [7, 11) is 0. The monoisotopic (exact) mass is 236 g/mol. The molecule has 0 aliphatic carbocycles. The number of hydrogen-bond donors (Lipinski definition) is 1. The van der Waals surface area contributed by atoms with Crippen LogP contribution in [0.1, 0.15) is 31.5 Å². The van der Waals surface area contributed by atoms with Gasteiger partial charge in [0.1, 0.15) is 0 Å². The Balaban J connectivity index is 2.70. The van der Waals surface area contributed by atoms with E-state index in [1.807, 2.05) is 32.9 Å². The normalized spacial score (nSPS) is 12.7. The number of hydrogen-bond acceptors (Lipinski definition) is 3. The molecule has 0 fully saturated rings. The van der Waals surface area contributed by atoms with Crippen LogP contribution in [0.25, 0.3) is 0 Å². The lowest BCUT2D eigenvalue weighted by atomic mass is 10.1. The molecule has 0 saturated carbocycles. The lowest BCUT2D eigenvalue weighted by Crippen LogP contribution is -2.34. The molecular weight excluding hydrogens is 216 g/mol. The highest BCUT2D eigenvalue weighted by molar-refractivity contribution is 5.67. The summed E-state index contributed by atoms with van der Waals surface area (Å²) < 4.78 is 0. The van der Waals surface area contributed by atoms with E-state index in [0.29, 0.717) is 6.54 Å². The molecule has 1 N–H and O–H groups in total. The first-order valence-corrected chi connectivity index (χ1v) is 5.91. The predicted octanol–water partition coefficient (Wildman–Crippen LogP) is 2.08. The van der Waals surface area contributed by atoms with Gasteiger partial charge in [-0.25, -0.2) is 0 Å². The Bertz CT molecular complexity index is 379. The minimum atomic E-state index is -0.756. The van der Waals surface area contributed by atoms with Crippen LogP contribution in [-0.4, -0.2) is 33.5 Å². The van der Waals surface area contributed by atoms with E-state index in [-0.39, 0.29) is 12.5 Å². The Morgan fingerprint density at radius 3 is 2.82 bits per heavy atom. The molecule has 4 nitrogen and oxygen atoms in total. The molecule has 0 radical (unpaired) electrons. The summed E-state index contributed by atoms with van der Waals surface area (Å²) in [6.45, 7) is 7.53. The van der Waals surface area contributed by atoms with E-state index in [2.05, 4.69) is 9.88 Å². The van der Waals surface area contributed by atoms with Crippen LogP contribution in [0.3, 0.4) is 0 Å². The van der Waals surface area contributed by atoms with Crippen LogP contribution in [0.15, 0.2) is 18.3 Å². The number of aromatic nitrogens is 1. The number of carboxylic acids is 1. The number of carbonyl (C=O) groups is 1. The average Bonchev–Trinajstić information content (AvgIpc) is 2.27. The summed E-state index contributed by atoms with van der Waals surface area (Å²) in [5, 5.41) is 8.81. The van der Waals surface area contributed by atoms with E-state index in [1.165, 1.54) is 0 Å². The standard InChI is InChI=1S/C13H20N2O2/c1-4-15(11(3)8-13(16)17)9-12-10(2)6-5-7-14-12/h5-7,11H,4,8-9H2,1-3H3,(H,16,17). The lowest BCUT2D eigenvalue weighted by molar-refractivity contribution is -0.138. The Kier molecular flexibility index (Phi) is 5.10. The molecule has 0 spiro atoms. The molecule has 17 heavy (non-hydrogen) atoms. The maximum absolute atomic E-state index is 10.7. The fourth-order valence-electron chi connectivity index (χ4n) is 1.84. The number of nitrogens with zero attached hydrogens (tertiary/aromatic N) is 2. The van der Waals surface area contributed by atoms with Crippen molar-refractivity contribution in [1.82, 2.24) is 9.88 Å². The molecule has 94 valence electrons. The van der Waals surface area contributed by atoms with Gasteiger partial charge in [0.15, 0.2) is 0 Å². The zero-order valence-corrected chi connectivity index (χ0v) is 10.7. The van der Waals surface area contributed by atoms with Gasteiger partial charge in [0.2, 0.25) is 0 Å². The van der Waals surface area contributed by atoms with Gasteiger partial charge in [-0.05, 0) is 32.0 Å². The second-order valence-corrected chi connectivity index (χ2v) is 4.28.